The van der Waals surface area contributed by atoms with Crippen LogP contribution in [0, 0.1) is 11.8 Å². The molecular weight excluding hydrogens is 224 g/mol. The fourth-order valence-corrected chi connectivity index (χ4v) is 2.30. The molecule has 4 heteroatoms. The maximum atomic E-state index is 11.7. The number of carbonyl (C=O) groups is 1. The normalized spacial score (nSPS) is 19.9. The number of hydrogen-bond donors (Lipinski definition) is 2. The van der Waals surface area contributed by atoms with Gasteiger partial charge in [-0.2, -0.15) is 0 Å². The van der Waals surface area contributed by atoms with Crippen LogP contribution in [0.5, 0.6) is 0 Å². The molecule has 3 nitrogen and oxygen atoms in total. The van der Waals surface area contributed by atoms with Crippen LogP contribution in [0.3, 0.4) is 0 Å². The summed E-state index contributed by atoms with van der Waals surface area (Å²) in [6.45, 7) is 4.49. The first-order chi connectivity index (χ1) is 7.13. The van der Waals surface area contributed by atoms with Gasteiger partial charge in [-0.1, -0.05) is 32.6 Å². The van der Waals surface area contributed by atoms with Crippen molar-refractivity contribution in [3.8, 4) is 0 Å². The van der Waals surface area contributed by atoms with Crippen molar-refractivity contribution >= 4 is 18.3 Å². The monoisotopic (exact) mass is 248 g/mol. The van der Waals surface area contributed by atoms with Crippen molar-refractivity contribution in [1.29, 1.82) is 0 Å². The molecule has 0 aromatic rings. The predicted molar refractivity (Wildman–Crippen MR) is 69.6 cm³/mol. The van der Waals surface area contributed by atoms with E-state index in [1.165, 1.54) is 25.7 Å². The van der Waals surface area contributed by atoms with Crippen LogP contribution in [0.4, 0.5) is 0 Å². The summed E-state index contributed by atoms with van der Waals surface area (Å²) in [7, 11) is 0. The van der Waals surface area contributed by atoms with Crippen molar-refractivity contribution in [2.45, 2.75) is 52.0 Å². The van der Waals surface area contributed by atoms with Crippen molar-refractivity contribution in [2.24, 2.45) is 17.6 Å². The van der Waals surface area contributed by atoms with Crippen LogP contribution >= 0.6 is 12.4 Å². The molecule has 1 rings (SSSR count). The standard InChI is InChI=1S/C12H24N2O.ClH/c1-9(7-11-5-3-4-6-11)12(15)14-10(2)8-13;/h9-11H,3-8,13H2,1-2H3,(H,14,15);1H/t9?,10-;/m0./s1. The summed E-state index contributed by atoms with van der Waals surface area (Å²) in [5.41, 5.74) is 5.47. The number of amides is 1. The van der Waals surface area contributed by atoms with Gasteiger partial charge in [-0.25, -0.2) is 0 Å². The van der Waals surface area contributed by atoms with Crippen LogP contribution in [0.1, 0.15) is 46.0 Å². The van der Waals surface area contributed by atoms with Crippen molar-refractivity contribution < 1.29 is 4.79 Å². The third kappa shape index (κ3) is 5.17. The Kier molecular flexibility index (Phi) is 7.77. The second-order valence-corrected chi connectivity index (χ2v) is 4.93. The zero-order chi connectivity index (χ0) is 11.3. The molecule has 0 spiro atoms. The summed E-state index contributed by atoms with van der Waals surface area (Å²) in [6.07, 6.45) is 6.35. The third-order valence-corrected chi connectivity index (χ3v) is 3.35. The molecule has 96 valence electrons. The van der Waals surface area contributed by atoms with Crippen molar-refractivity contribution in [3.05, 3.63) is 0 Å². The Balaban J connectivity index is 0.00000225. The Morgan fingerprint density at radius 1 is 1.38 bits per heavy atom. The minimum Gasteiger partial charge on any atom is -0.352 e. The van der Waals surface area contributed by atoms with Crippen molar-refractivity contribution in [2.75, 3.05) is 6.54 Å². The van der Waals surface area contributed by atoms with E-state index in [0.717, 1.165) is 12.3 Å². The quantitative estimate of drug-likeness (QED) is 0.783. The van der Waals surface area contributed by atoms with Gasteiger partial charge in [0.15, 0.2) is 0 Å². The summed E-state index contributed by atoms with van der Waals surface area (Å²) in [4.78, 5) is 11.7. The average molecular weight is 249 g/mol. The molecule has 3 N–H and O–H groups in total. The summed E-state index contributed by atoms with van der Waals surface area (Å²) in [6, 6.07) is 0.100. The Morgan fingerprint density at radius 2 is 1.94 bits per heavy atom. The lowest BCUT2D eigenvalue weighted by Gasteiger charge is -2.18. The fourth-order valence-electron chi connectivity index (χ4n) is 2.30. The van der Waals surface area contributed by atoms with E-state index in [1.54, 1.807) is 0 Å². The third-order valence-electron chi connectivity index (χ3n) is 3.35. The highest BCUT2D eigenvalue weighted by Gasteiger charge is 2.22. The van der Waals surface area contributed by atoms with E-state index in [2.05, 4.69) is 5.32 Å². The average Bonchev–Trinajstić information content (AvgIpc) is 2.70. The first-order valence-electron chi connectivity index (χ1n) is 6.14. The van der Waals surface area contributed by atoms with E-state index in [1.807, 2.05) is 13.8 Å². The maximum Gasteiger partial charge on any atom is 0.223 e. The van der Waals surface area contributed by atoms with Gasteiger partial charge in [0.1, 0.15) is 0 Å². The van der Waals surface area contributed by atoms with Crippen LogP contribution in [0.15, 0.2) is 0 Å². The molecule has 0 aromatic carbocycles. The molecule has 1 saturated carbocycles. The van der Waals surface area contributed by atoms with E-state index >= 15 is 0 Å². The molecule has 0 radical (unpaired) electrons. The molecule has 1 fully saturated rings. The highest BCUT2D eigenvalue weighted by Crippen LogP contribution is 2.30. The second-order valence-electron chi connectivity index (χ2n) is 4.93. The van der Waals surface area contributed by atoms with Crippen LogP contribution in [0.2, 0.25) is 0 Å². The van der Waals surface area contributed by atoms with Gasteiger partial charge in [0, 0.05) is 18.5 Å². The molecule has 0 aliphatic heterocycles. The largest absolute Gasteiger partial charge is 0.352 e. The lowest BCUT2D eigenvalue weighted by atomic mass is 9.94. The smallest absolute Gasteiger partial charge is 0.223 e. The fraction of sp³-hybridized carbons (Fsp3) is 0.917. The van der Waals surface area contributed by atoms with Gasteiger partial charge >= 0.3 is 0 Å². The number of halogens is 1. The van der Waals surface area contributed by atoms with Gasteiger partial charge in [0.05, 0.1) is 0 Å². The first-order valence-corrected chi connectivity index (χ1v) is 6.14. The number of rotatable bonds is 5. The number of carbonyl (C=O) groups excluding carboxylic acids is 1. The van der Waals surface area contributed by atoms with Gasteiger partial charge in [-0.15, -0.1) is 12.4 Å². The topological polar surface area (TPSA) is 55.1 Å². The van der Waals surface area contributed by atoms with Crippen LogP contribution in [0.25, 0.3) is 0 Å². The van der Waals surface area contributed by atoms with Crippen LogP contribution in [-0.4, -0.2) is 18.5 Å². The number of nitrogens with one attached hydrogen (secondary N) is 1. The van der Waals surface area contributed by atoms with Gasteiger partial charge in [0.25, 0.3) is 0 Å². The molecule has 1 aliphatic carbocycles. The van der Waals surface area contributed by atoms with Gasteiger partial charge in [0.2, 0.25) is 5.91 Å². The van der Waals surface area contributed by atoms with Crippen LogP contribution < -0.4 is 11.1 Å². The zero-order valence-corrected chi connectivity index (χ0v) is 11.2. The minimum atomic E-state index is 0. The Bertz CT molecular complexity index is 205. The molecule has 1 amide bonds. The molecule has 0 heterocycles. The summed E-state index contributed by atoms with van der Waals surface area (Å²) in [5.74, 6) is 1.08. The van der Waals surface area contributed by atoms with E-state index in [0.29, 0.717) is 6.54 Å². The molecule has 16 heavy (non-hydrogen) atoms. The predicted octanol–water partition coefficient (Wildman–Crippen LogP) is 2.09. The molecule has 0 aromatic heterocycles. The molecule has 1 unspecified atom stereocenters. The highest BCUT2D eigenvalue weighted by molar-refractivity contribution is 5.85. The lowest BCUT2D eigenvalue weighted by Crippen LogP contribution is -2.40. The molecule has 1 aliphatic rings. The number of hydrogen-bond acceptors (Lipinski definition) is 2. The van der Waals surface area contributed by atoms with Crippen molar-refractivity contribution in [1.82, 2.24) is 5.32 Å². The highest BCUT2D eigenvalue weighted by atomic mass is 35.5. The second kappa shape index (κ2) is 7.91. The lowest BCUT2D eigenvalue weighted by molar-refractivity contribution is -0.125. The first kappa shape index (κ1) is 15.7. The molecular formula is C12H25ClN2O. The summed E-state index contributed by atoms with van der Waals surface area (Å²) >= 11 is 0. The van der Waals surface area contributed by atoms with Gasteiger partial charge < -0.3 is 11.1 Å². The van der Waals surface area contributed by atoms with Gasteiger partial charge in [-0.3, -0.25) is 4.79 Å². The van der Waals surface area contributed by atoms with E-state index in [9.17, 15) is 4.79 Å². The van der Waals surface area contributed by atoms with Gasteiger partial charge in [-0.05, 0) is 19.3 Å². The molecule has 0 saturated heterocycles. The van der Waals surface area contributed by atoms with Crippen molar-refractivity contribution in [3.63, 3.8) is 0 Å². The Hall–Kier alpha value is -0.280. The van der Waals surface area contributed by atoms with E-state index < -0.39 is 0 Å². The SMILES string of the molecule is CC(CC1CCCC1)C(=O)N[C@@H](C)CN.Cl. The molecule has 0 bridgehead atoms. The van der Waals surface area contributed by atoms with E-state index in [4.69, 9.17) is 5.73 Å². The molecule has 2 atom stereocenters. The maximum absolute atomic E-state index is 11.7. The number of nitrogens with two attached hydrogens (primary N) is 1. The van der Waals surface area contributed by atoms with E-state index in [-0.39, 0.29) is 30.3 Å². The summed E-state index contributed by atoms with van der Waals surface area (Å²) in [5, 5.41) is 2.94. The minimum absolute atomic E-state index is 0. The Morgan fingerprint density at radius 3 is 2.44 bits per heavy atom. The van der Waals surface area contributed by atoms with Crippen LogP contribution in [-0.2, 0) is 4.79 Å². The Labute approximate surface area is 105 Å². The zero-order valence-electron chi connectivity index (χ0n) is 10.4. The summed E-state index contributed by atoms with van der Waals surface area (Å²) < 4.78 is 0.